The van der Waals surface area contributed by atoms with Gasteiger partial charge in [-0.2, -0.15) is 0 Å². The van der Waals surface area contributed by atoms with E-state index in [1.54, 1.807) is 24.3 Å². The van der Waals surface area contributed by atoms with Crippen molar-refractivity contribution in [2.75, 3.05) is 17.7 Å². The number of hydrogen-bond acceptors (Lipinski definition) is 4. The molecule has 3 N–H and O–H groups in total. The van der Waals surface area contributed by atoms with Gasteiger partial charge in [-0.1, -0.05) is 12.1 Å². The Bertz CT molecular complexity index is 1490. The number of halogens is 6. The lowest BCUT2D eigenvalue weighted by atomic mass is 9.79. The molecule has 0 bridgehead atoms. The second-order valence-electron chi connectivity index (χ2n) is 8.81. The number of dihydropyridines is 1. The Kier molecular flexibility index (Phi) is 7.89. The average Bonchev–Trinajstić information content (AvgIpc) is 2.89. The summed E-state index contributed by atoms with van der Waals surface area (Å²) in [6.45, 7) is 3.00. The number of carbonyl (C=O) groups is 2. The summed E-state index contributed by atoms with van der Waals surface area (Å²) in [5.41, 5.74) is -0.708. The van der Waals surface area contributed by atoms with E-state index in [0.717, 1.165) is 0 Å². The molecule has 3 aromatic rings. The lowest BCUT2D eigenvalue weighted by molar-refractivity contribution is -0.113. The smallest absolute Gasteiger partial charge is 0.254 e. The van der Waals surface area contributed by atoms with Gasteiger partial charge in [-0.05, 0) is 31.5 Å². The van der Waals surface area contributed by atoms with Crippen molar-refractivity contribution in [3.63, 3.8) is 0 Å². The minimum absolute atomic E-state index is 0.115. The fraction of sp³-hybridized carbons (Fsp3) is 0.143. The molecule has 40 heavy (non-hydrogen) atoms. The van der Waals surface area contributed by atoms with Crippen molar-refractivity contribution in [2.24, 2.45) is 0 Å². The summed E-state index contributed by atoms with van der Waals surface area (Å²) >= 11 is 0. The fourth-order valence-electron chi connectivity index (χ4n) is 4.34. The van der Waals surface area contributed by atoms with Crippen molar-refractivity contribution in [2.45, 2.75) is 19.8 Å². The fourth-order valence-corrected chi connectivity index (χ4v) is 4.34. The van der Waals surface area contributed by atoms with Crippen LogP contribution in [0.15, 0.2) is 71.1 Å². The van der Waals surface area contributed by atoms with Crippen molar-refractivity contribution >= 4 is 23.2 Å². The highest BCUT2D eigenvalue weighted by atomic mass is 19.2. The van der Waals surface area contributed by atoms with Crippen LogP contribution >= 0.6 is 0 Å². The lowest BCUT2D eigenvalue weighted by Crippen LogP contribution is -2.35. The first-order chi connectivity index (χ1) is 18.9. The van der Waals surface area contributed by atoms with Crippen LogP contribution in [0.25, 0.3) is 0 Å². The molecule has 0 saturated heterocycles. The quantitative estimate of drug-likeness (QED) is 0.253. The second kappa shape index (κ2) is 11.2. The van der Waals surface area contributed by atoms with Crippen LogP contribution in [0, 0.1) is 34.9 Å². The van der Waals surface area contributed by atoms with E-state index in [1.165, 1.54) is 21.0 Å². The maximum absolute atomic E-state index is 14.3. The largest absolute Gasteiger partial charge is 0.497 e. The number of benzene rings is 3. The summed E-state index contributed by atoms with van der Waals surface area (Å²) in [7, 11) is 1.43. The van der Waals surface area contributed by atoms with Gasteiger partial charge in [0, 0.05) is 52.7 Å². The first-order valence-electron chi connectivity index (χ1n) is 11.7. The molecular formula is C28H21F6N3O3. The predicted molar refractivity (Wildman–Crippen MR) is 134 cm³/mol. The highest BCUT2D eigenvalue weighted by molar-refractivity contribution is 6.12. The number of hydrogen-bond donors (Lipinski definition) is 3. The van der Waals surface area contributed by atoms with Gasteiger partial charge in [0.05, 0.1) is 18.5 Å². The van der Waals surface area contributed by atoms with E-state index in [2.05, 4.69) is 16.0 Å². The van der Waals surface area contributed by atoms with E-state index in [4.69, 9.17) is 4.74 Å². The van der Waals surface area contributed by atoms with Gasteiger partial charge in [0.1, 0.15) is 17.4 Å². The number of amides is 2. The molecule has 0 radical (unpaired) electrons. The van der Waals surface area contributed by atoms with Gasteiger partial charge in [0.15, 0.2) is 23.3 Å². The third-order valence-corrected chi connectivity index (χ3v) is 6.22. The number of allylic oxidation sites excluding steroid dienone is 2. The number of carbonyl (C=O) groups excluding carboxylic acids is 2. The summed E-state index contributed by atoms with van der Waals surface area (Å²) in [6, 6.07) is 7.68. The Morgan fingerprint density at radius 3 is 1.48 bits per heavy atom. The third kappa shape index (κ3) is 5.51. The van der Waals surface area contributed by atoms with Crippen LogP contribution in [0.1, 0.15) is 25.3 Å². The molecule has 0 aliphatic carbocycles. The molecule has 0 fully saturated rings. The predicted octanol–water partition coefficient (Wildman–Crippen LogP) is 6.04. The number of methoxy groups -OCH3 is 1. The van der Waals surface area contributed by atoms with E-state index in [1.807, 2.05) is 0 Å². The van der Waals surface area contributed by atoms with Crippen LogP contribution in [0.2, 0.25) is 0 Å². The van der Waals surface area contributed by atoms with Crippen LogP contribution in [0.5, 0.6) is 5.75 Å². The van der Waals surface area contributed by atoms with Gasteiger partial charge in [0.2, 0.25) is 0 Å². The monoisotopic (exact) mass is 561 g/mol. The van der Waals surface area contributed by atoms with E-state index >= 15 is 0 Å². The van der Waals surface area contributed by atoms with Gasteiger partial charge in [-0.25, -0.2) is 26.3 Å². The SMILES string of the molecule is COc1ccc(C2C(C(=O)Nc3cc(F)c(F)cc3F)=C(C)NC(C)=C2C(=O)Nc2cc(F)c(F)cc2F)cc1. The normalized spacial score (nSPS) is 13.7. The minimum atomic E-state index is -1.46. The van der Waals surface area contributed by atoms with Crippen molar-refractivity contribution in [3.8, 4) is 5.75 Å². The highest BCUT2D eigenvalue weighted by Crippen LogP contribution is 2.40. The summed E-state index contributed by atoms with van der Waals surface area (Å²) in [5, 5.41) is 7.26. The molecule has 1 aliphatic heterocycles. The zero-order valence-electron chi connectivity index (χ0n) is 21.2. The van der Waals surface area contributed by atoms with Gasteiger partial charge in [-0.3, -0.25) is 9.59 Å². The molecule has 0 saturated carbocycles. The van der Waals surface area contributed by atoms with Crippen LogP contribution in [-0.4, -0.2) is 18.9 Å². The maximum Gasteiger partial charge on any atom is 0.254 e. The minimum Gasteiger partial charge on any atom is -0.497 e. The molecule has 208 valence electrons. The van der Waals surface area contributed by atoms with Crippen molar-refractivity contribution in [1.29, 1.82) is 0 Å². The zero-order valence-corrected chi connectivity index (χ0v) is 21.2. The first-order valence-corrected chi connectivity index (χ1v) is 11.7. The van der Waals surface area contributed by atoms with Crippen molar-refractivity contribution in [1.82, 2.24) is 5.32 Å². The average molecular weight is 561 g/mol. The molecule has 6 nitrogen and oxygen atoms in total. The summed E-state index contributed by atoms with van der Waals surface area (Å²) in [6.07, 6.45) is 0. The molecule has 0 spiro atoms. The van der Waals surface area contributed by atoms with Gasteiger partial charge in [-0.15, -0.1) is 0 Å². The highest BCUT2D eigenvalue weighted by Gasteiger charge is 2.37. The molecule has 4 rings (SSSR count). The van der Waals surface area contributed by atoms with E-state index in [0.29, 0.717) is 23.4 Å². The summed E-state index contributed by atoms with van der Waals surface area (Å²) in [4.78, 5) is 27.0. The lowest BCUT2D eigenvalue weighted by Gasteiger charge is -2.31. The van der Waals surface area contributed by atoms with Gasteiger partial charge < -0.3 is 20.7 Å². The van der Waals surface area contributed by atoms with E-state index < -0.39 is 64.0 Å². The number of anilines is 2. The topological polar surface area (TPSA) is 79.5 Å². The summed E-state index contributed by atoms with van der Waals surface area (Å²) < 4.78 is 88.2. The van der Waals surface area contributed by atoms with Gasteiger partial charge in [0.25, 0.3) is 11.8 Å². The molecule has 3 aromatic carbocycles. The molecule has 12 heteroatoms. The molecule has 0 aromatic heterocycles. The maximum atomic E-state index is 14.3. The number of ether oxygens (including phenoxy) is 1. The second-order valence-corrected chi connectivity index (χ2v) is 8.81. The molecule has 0 unspecified atom stereocenters. The molecule has 1 aliphatic rings. The van der Waals surface area contributed by atoms with Gasteiger partial charge >= 0.3 is 0 Å². The zero-order chi connectivity index (χ0) is 29.3. The van der Waals surface area contributed by atoms with Crippen LogP contribution in [0.3, 0.4) is 0 Å². The van der Waals surface area contributed by atoms with Crippen LogP contribution in [0.4, 0.5) is 37.7 Å². The van der Waals surface area contributed by atoms with Crippen LogP contribution in [-0.2, 0) is 9.59 Å². The Morgan fingerprint density at radius 1 is 0.675 bits per heavy atom. The van der Waals surface area contributed by atoms with Crippen molar-refractivity contribution in [3.05, 3.63) is 112 Å². The Labute approximate surface area is 224 Å². The standard InChI is InChI=1S/C28H21F6N3O3/c1-12-24(27(38)36-22-10-18(31)16(29)8-20(22)33)26(14-4-6-15(40-3)7-5-14)25(13(2)35-12)28(39)37-23-11-19(32)17(30)9-21(23)34/h4-11,26,35H,1-3H3,(H,36,38)(H,37,39). The summed E-state index contributed by atoms with van der Waals surface area (Å²) in [5.74, 6) is -10.9. The van der Waals surface area contributed by atoms with E-state index in [9.17, 15) is 35.9 Å². The molecular weight excluding hydrogens is 540 g/mol. The van der Waals surface area contributed by atoms with Crippen molar-refractivity contribution < 1.29 is 40.7 Å². The first kappa shape index (κ1) is 28.3. The number of nitrogens with one attached hydrogen (secondary N) is 3. The third-order valence-electron chi connectivity index (χ3n) is 6.22. The Hall–Kier alpha value is -4.74. The van der Waals surface area contributed by atoms with Crippen LogP contribution < -0.4 is 20.7 Å². The molecule has 2 amide bonds. The Morgan fingerprint density at radius 2 is 1.07 bits per heavy atom. The van der Waals surface area contributed by atoms with E-state index in [-0.39, 0.29) is 34.7 Å². The molecule has 1 heterocycles. The Balaban J connectivity index is 1.79. The molecule has 0 atom stereocenters. The number of rotatable bonds is 6.